The van der Waals surface area contributed by atoms with Crippen molar-refractivity contribution < 1.29 is 4.79 Å². The van der Waals surface area contributed by atoms with Gasteiger partial charge in [-0.3, -0.25) is 9.89 Å². The fourth-order valence-corrected chi connectivity index (χ4v) is 2.11. The second-order valence-corrected chi connectivity index (χ2v) is 5.52. The topological polar surface area (TPSA) is 70.7 Å². The maximum absolute atomic E-state index is 12.0. The Hall–Kier alpha value is -1.69. The minimum absolute atomic E-state index is 0.0938. The van der Waals surface area contributed by atoms with E-state index in [4.69, 9.17) is 0 Å². The predicted octanol–water partition coefficient (Wildman–Crippen LogP) is 3.01. The molecule has 2 aromatic rings. The van der Waals surface area contributed by atoms with Crippen LogP contribution in [0.25, 0.3) is 0 Å². The Morgan fingerprint density at radius 3 is 2.75 bits per heavy atom. The molecule has 1 atom stereocenters. The number of aromatic nitrogens is 3. The highest BCUT2D eigenvalue weighted by molar-refractivity contribution is 9.10. The van der Waals surface area contributed by atoms with Crippen molar-refractivity contribution in [1.29, 1.82) is 0 Å². The van der Waals surface area contributed by atoms with Gasteiger partial charge in [-0.1, -0.05) is 35.0 Å². The van der Waals surface area contributed by atoms with Crippen molar-refractivity contribution in [1.82, 2.24) is 20.5 Å². The Kier molecular flexibility index (Phi) is 4.89. The van der Waals surface area contributed by atoms with Gasteiger partial charge < -0.3 is 5.32 Å². The first-order valence-corrected chi connectivity index (χ1v) is 7.37. The number of hydrogen-bond donors (Lipinski definition) is 2. The van der Waals surface area contributed by atoms with E-state index < -0.39 is 0 Å². The van der Waals surface area contributed by atoms with E-state index in [2.05, 4.69) is 43.4 Å². The Balaban J connectivity index is 2.01. The van der Waals surface area contributed by atoms with Crippen LogP contribution in [0.1, 0.15) is 48.3 Å². The number of aryl methyl sites for hydroxylation is 1. The average molecular weight is 337 g/mol. The van der Waals surface area contributed by atoms with Gasteiger partial charge in [0.05, 0.1) is 6.04 Å². The van der Waals surface area contributed by atoms with Crippen LogP contribution in [0.5, 0.6) is 0 Å². The summed E-state index contributed by atoms with van der Waals surface area (Å²) in [4.78, 5) is 16.2. The molecule has 5 nitrogen and oxygen atoms in total. The lowest BCUT2D eigenvalue weighted by Crippen LogP contribution is -2.27. The van der Waals surface area contributed by atoms with Crippen LogP contribution in [0.2, 0.25) is 0 Å². The third kappa shape index (κ3) is 3.66. The summed E-state index contributed by atoms with van der Waals surface area (Å²) in [5.41, 5.74) is 1.03. The predicted molar refractivity (Wildman–Crippen MR) is 80.4 cm³/mol. The number of hydrogen-bond acceptors (Lipinski definition) is 3. The summed E-state index contributed by atoms with van der Waals surface area (Å²) in [7, 11) is 0. The number of halogens is 1. The molecule has 0 spiro atoms. The lowest BCUT2D eigenvalue weighted by atomic mass is 10.1. The fraction of sp³-hybridized carbons (Fsp3) is 0.357. The first-order valence-electron chi connectivity index (χ1n) is 6.57. The van der Waals surface area contributed by atoms with E-state index in [1.165, 1.54) is 0 Å². The Labute approximate surface area is 126 Å². The zero-order chi connectivity index (χ0) is 14.5. The van der Waals surface area contributed by atoms with Gasteiger partial charge in [-0.05, 0) is 31.0 Å². The molecular weight excluding hydrogens is 320 g/mol. The molecule has 0 fully saturated rings. The minimum Gasteiger partial charge on any atom is -0.343 e. The number of H-pyrrole nitrogens is 1. The molecule has 0 saturated carbocycles. The summed E-state index contributed by atoms with van der Waals surface area (Å²) in [5.74, 6) is 0.672. The molecule has 2 N–H and O–H groups in total. The molecule has 0 saturated heterocycles. The summed E-state index contributed by atoms with van der Waals surface area (Å²) >= 11 is 3.39. The largest absolute Gasteiger partial charge is 0.343 e. The number of amides is 1. The van der Waals surface area contributed by atoms with E-state index in [-0.39, 0.29) is 17.8 Å². The molecule has 20 heavy (non-hydrogen) atoms. The van der Waals surface area contributed by atoms with Gasteiger partial charge in [-0.2, -0.15) is 0 Å². The molecule has 1 aromatic carbocycles. The van der Waals surface area contributed by atoms with Crippen LogP contribution in [0.15, 0.2) is 28.7 Å². The number of nitrogens with one attached hydrogen (secondary N) is 2. The molecule has 2 rings (SSSR count). The van der Waals surface area contributed by atoms with Crippen LogP contribution in [0.3, 0.4) is 0 Å². The quantitative estimate of drug-likeness (QED) is 0.881. The van der Waals surface area contributed by atoms with Gasteiger partial charge in [-0.25, -0.2) is 4.98 Å². The van der Waals surface area contributed by atoms with E-state index in [1.807, 2.05) is 31.2 Å². The van der Waals surface area contributed by atoms with Crippen molar-refractivity contribution in [3.8, 4) is 0 Å². The SMILES string of the molecule is CCCc1nc(C(=O)N[C@H](C)c2ccc(Br)cc2)n[nH]1. The highest BCUT2D eigenvalue weighted by Gasteiger charge is 2.15. The van der Waals surface area contributed by atoms with Gasteiger partial charge in [0.2, 0.25) is 5.82 Å². The van der Waals surface area contributed by atoms with Crippen LogP contribution in [-0.4, -0.2) is 21.1 Å². The standard InChI is InChI=1S/C14H17BrN4O/c1-3-4-12-17-13(19-18-12)14(20)16-9(2)10-5-7-11(15)8-6-10/h5-9H,3-4H2,1-2H3,(H,16,20)(H,17,18,19)/t9-/m1/s1. The average Bonchev–Trinajstić information content (AvgIpc) is 2.88. The summed E-state index contributed by atoms with van der Waals surface area (Å²) in [5, 5.41) is 9.61. The monoisotopic (exact) mass is 336 g/mol. The van der Waals surface area contributed by atoms with Crippen molar-refractivity contribution in [3.05, 3.63) is 46.0 Å². The number of nitrogens with zero attached hydrogens (tertiary/aromatic N) is 2. The molecule has 0 radical (unpaired) electrons. The highest BCUT2D eigenvalue weighted by atomic mass is 79.9. The maximum atomic E-state index is 12.0. The van der Waals surface area contributed by atoms with E-state index in [0.29, 0.717) is 0 Å². The second-order valence-electron chi connectivity index (χ2n) is 4.60. The lowest BCUT2D eigenvalue weighted by molar-refractivity contribution is 0.0929. The van der Waals surface area contributed by atoms with Crippen LogP contribution < -0.4 is 5.32 Å². The molecule has 1 heterocycles. The van der Waals surface area contributed by atoms with Gasteiger partial charge in [-0.15, -0.1) is 5.10 Å². The molecule has 0 unspecified atom stereocenters. The van der Waals surface area contributed by atoms with Crippen molar-refractivity contribution in [2.75, 3.05) is 0 Å². The highest BCUT2D eigenvalue weighted by Crippen LogP contribution is 2.16. The lowest BCUT2D eigenvalue weighted by Gasteiger charge is -2.12. The Morgan fingerprint density at radius 1 is 1.40 bits per heavy atom. The van der Waals surface area contributed by atoms with Crippen LogP contribution in [-0.2, 0) is 6.42 Å². The smallest absolute Gasteiger partial charge is 0.291 e. The summed E-state index contributed by atoms with van der Waals surface area (Å²) < 4.78 is 1.01. The Bertz CT molecular complexity index is 579. The van der Waals surface area contributed by atoms with Crippen LogP contribution in [0.4, 0.5) is 0 Å². The van der Waals surface area contributed by atoms with Crippen molar-refractivity contribution in [3.63, 3.8) is 0 Å². The van der Waals surface area contributed by atoms with Crippen molar-refractivity contribution >= 4 is 21.8 Å². The molecule has 0 bridgehead atoms. The summed E-state index contributed by atoms with van der Waals surface area (Å²) in [6, 6.07) is 7.74. The van der Waals surface area contributed by atoms with E-state index in [9.17, 15) is 4.79 Å². The molecule has 1 aromatic heterocycles. The van der Waals surface area contributed by atoms with Gasteiger partial charge in [0, 0.05) is 10.9 Å². The Morgan fingerprint density at radius 2 is 2.10 bits per heavy atom. The third-order valence-corrected chi connectivity index (χ3v) is 3.47. The van der Waals surface area contributed by atoms with Crippen LogP contribution in [0, 0.1) is 0 Å². The number of carbonyl (C=O) groups is 1. The number of rotatable bonds is 5. The minimum atomic E-state index is -0.265. The maximum Gasteiger partial charge on any atom is 0.291 e. The van der Waals surface area contributed by atoms with E-state index in [1.54, 1.807) is 0 Å². The van der Waals surface area contributed by atoms with Gasteiger partial charge >= 0.3 is 0 Å². The zero-order valence-electron chi connectivity index (χ0n) is 11.5. The van der Waals surface area contributed by atoms with Gasteiger partial charge in [0.15, 0.2) is 0 Å². The van der Waals surface area contributed by atoms with E-state index >= 15 is 0 Å². The molecule has 0 aliphatic carbocycles. The number of carbonyl (C=O) groups excluding carboxylic acids is 1. The molecule has 1 amide bonds. The zero-order valence-corrected chi connectivity index (χ0v) is 13.1. The van der Waals surface area contributed by atoms with E-state index in [0.717, 1.165) is 28.7 Å². The number of benzene rings is 1. The van der Waals surface area contributed by atoms with Gasteiger partial charge in [0.25, 0.3) is 5.91 Å². The second kappa shape index (κ2) is 6.65. The van der Waals surface area contributed by atoms with Crippen molar-refractivity contribution in [2.24, 2.45) is 0 Å². The fourth-order valence-electron chi connectivity index (χ4n) is 1.84. The molecule has 106 valence electrons. The molecular formula is C14H17BrN4O. The van der Waals surface area contributed by atoms with Crippen molar-refractivity contribution in [2.45, 2.75) is 32.7 Å². The van der Waals surface area contributed by atoms with Crippen LogP contribution >= 0.6 is 15.9 Å². The first kappa shape index (κ1) is 14.7. The molecule has 0 aliphatic heterocycles. The third-order valence-electron chi connectivity index (χ3n) is 2.94. The molecule has 6 heteroatoms. The number of aromatic amines is 1. The summed E-state index contributed by atoms with van der Waals surface area (Å²) in [6.45, 7) is 3.98. The first-order chi connectivity index (χ1) is 9.60. The summed E-state index contributed by atoms with van der Waals surface area (Å²) in [6.07, 6.45) is 1.76. The van der Waals surface area contributed by atoms with Gasteiger partial charge in [0.1, 0.15) is 5.82 Å². The molecule has 0 aliphatic rings. The normalized spacial score (nSPS) is 12.2.